The number of nitrogens with zero attached hydrogens (tertiary/aromatic N) is 4. The SMILES string of the molecule is CN(C)S(=O)(=O)N1CC[C@H]2[C@@H]1CCN2C(=O)CCc1cc(Cl)no1. The number of aryl methyl sites for hydroxylation is 1. The first-order chi connectivity index (χ1) is 11.3. The van der Waals surface area contributed by atoms with Crippen LogP contribution in [0.5, 0.6) is 0 Å². The minimum absolute atomic E-state index is 0.0131. The lowest BCUT2D eigenvalue weighted by molar-refractivity contribution is -0.132. The Balaban J connectivity index is 1.62. The summed E-state index contributed by atoms with van der Waals surface area (Å²) in [6.45, 7) is 1.04. The van der Waals surface area contributed by atoms with Gasteiger partial charge < -0.3 is 9.42 Å². The highest BCUT2D eigenvalue weighted by atomic mass is 35.5. The zero-order chi connectivity index (χ0) is 17.5. The lowest BCUT2D eigenvalue weighted by Crippen LogP contribution is -2.45. The number of carbonyl (C=O) groups is 1. The van der Waals surface area contributed by atoms with Crippen molar-refractivity contribution < 1.29 is 17.7 Å². The quantitative estimate of drug-likeness (QED) is 0.756. The van der Waals surface area contributed by atoms with Gasteiger partial charge in [0.15, 0.2) is 5.15 Å². The molecule has 8 nitrogen and oxygen atoms in total. The van der Waals surface area contributed by atoms with E-state index in [0.717, 1.165) is 0 Å². The Bertz CT molecular complexity index is 720. The van der Waals surface area contributed by atoms with Gasteiger partial charge in [0.2, 0.25) is 5.91 Å². The fraction of sp³-hybridized carbons (Fsp3) is 0.714. The minimum Gasteiger partial charge on any atom is -0.360 e. The number of halogens is 1. The molecule has 2 aliphatic heterocycles. The molecule has 2 aliphatic rings. The van der Waals surface area contributed by atoms with Gasteiger partial charge in [0.1, 0.15) is 5.76 Å². The van der Waals surface area contributed by atoms with Gasteiger partial charge >= 0.3 is 0 Å². The Morgan fingerprint density at radius 3 is 2.71 bits per heavy atom. The van der Waals surface area contributed by atoms with Crippen molar-refractivity contribution >= 4 is 27.7 Å². The summed E-state index contributed by atoms with van der Waals surface area (Å²) < 4.78 is 32.5. The number of fused-ring (bicyclic) bond motifs is 1. The van der Waals surface area contributed by atoms with E-state index < -0.39 is 10.2 Å². The van der Waals surface area contributed by atoms with Gasteiger partial charge in [-0.1, -0.05) is 16.8 Å². The van der Waals surface area contributed by atoms with Crippen LogP contribution in [0, 0.1) is 0 Å². The number of carbonyl (C=O) groups excluding carboxylic acids is 1. The molecule has 0 N–H and O–H groups in total. The number of rotatable bonds is 5. The highest BCUT2D eigenvalue weighted by Gasteiger charge is 2.48. The van der Waals surface area contributed by atoms with Crippen molar-refractivity contribution in [2.75, 3.05) is 27.2 Å². The van der Waals surface area contributed by atoms with Crippen LogP contribution >= 0.6 is 11.6 Å². The number of aromatic nitrogens is 1. The van der Waals surface area contributed by atoms with Crippen LogP contribution in [0.15, 0.2) is 10.6 Å². The third kappa shape index (κ3) is 3.17. The molecule has 24 heavy (non-hydrogen) atoms. The molecule has 3 heterocycles. The third-order valence-electron chi connectivity index (χ3n) is 4.72. The summed E-state index contributed by atoms with van der Waals surface area (Å²) in [6.07, 6.45) is 2.09. The molecule has 2 saturated heterocycles. The van der Waals surface area contributed by atoms with Crippen LogP contribution < -0.4 is 0 Å². The van der Waals surface area contributed by atoms with Gasteiger partial charge in [-0.15, -0.1) is 0 Å². The first-order valence-corrected chi connectivity index (χ1v) is 9.68. The maximum Gasteiger partial charge on any atom is 0.281 e. The Morgan fingerprint density at radius 1 is 1.38 bits per heavy atom. The van der Waals surface area contributed by atoms with E-state index in [4.69, 9.17) is 16.1 Å². The van der Waals surface area contributed by atoms with Crippen molar-refractivity contribution in [1.82, 2.24) is 18.7 Å². The van der Waals surface area contributed by atoms with Gasteiger partial charge in [-0.2, -0.15) is 17.0 Å². The highest BCUT2D eigenvalue weighted by Crippen LogP contribution is 2.34. The normalized spacial score (nSPS) is 24.8. The summed E-state index contributed by atoms with van der Waals surface area (Å²) in [7, 11) is -0.380. The third-order valence-corrected chi connectivity index (χ3v) is 6.87. The van der Waals surface area contributed by atoms with Gasteiger partial charge in [-0.3, -0.25) is 4.79 Å². The molecule has 134 valence electrons. The Hall–Kier alpha value is -1.16. The Labute approximate surface area is 146 Å². The predicted octanol–water partition coefficient (Wildman–Crippen LogP) is 0.742. The largest absolute Gasteiger partial charge is 0.360 e. The first kappa shape index (κ1) is 17.7. The van der Waals surface area contributed by atoms with Gasteiger partial charge in [0.05, 0.1) is 0 Å². The van der Waals surface area contributed by atoms with Crippen molar-refractivity contribution in [2.24, 2.45) is 0 Å². The summed E-state index contributed by atoms with van der Waals surface area (Å²) in [5.74, 6) is 0.589. The number of likely N-dealkylation sites (tertiary alicyclic amines) is 1. The standard InChI is InChI=1S/C14H21ClN4O4S/c1-17(2)24(21,22)19-8-6-11-12(19)5-7-18(11)14(20)4-3-10-9-13(15)16-23-10/h9,11-12H,3-8H2,1-2H3/t11-,12-/m0/s1. The molecule has 0 unspecified atom stereocenters. The first-order valence-electron chi connectivity index (χ1n) is 7.90. The lowest BCUT2D eigenvalue weighted by atomic mass is 10.1. The van der Waals surface area contributed by atoms with Crippen molar-refractivity contribution in [3.63, 3.8) is 0 Å². The average Bonchev–Trinajstić information content (AvgIpc) is 3.19. The van der Waals surface area contributed by atoms with Crippen LogP contribution in [0.4, 0.5) is 0 Å². The lowest BCUT2D eigenvalue weighted by Gasteiger charge is -2.27. The number of hydrogen-bond acceptors (Lipinski definition) is 5. The fourth-order valence-corrected chi connectivity index (χ4v) is 5.03. The maximum atomic E-state index is 12.5. The fourth-order valence-electron chi connectivity index (χ4n) is 3.53. The maximum absolute atomic E-state index is 12.5. The van der Waals surface area contributed by atoms with Crippen LogP contribution in [0.1, 0.15) is 25.0 Å². The highest BCUT2D eigenvalue weighted by molar-refractivity contribution is 7.86. The molecule has 0 aliphatic carbocycles. The Morgan fingerprint density at radius 2 is 2.08 bits per heavy atom. The van der Waals surface area contributed by atoms with Gasteiger partial charge in [0, 0.05) is 58.2 Å². The molecular formula is C14H21ClN4O4S. The molecule has 0 saturated carbocycles. The molecule has 0 bridgehead atoms. The van der Waals surface area contributed by atoms with Crippen molar-refractivity contribution in [2.45, 2.75) is 37.8 Å². The number of amides is 1. The van der Waals surface area contributed by atoms with Crippen molar-refractivity contribution in [3.05, 3.63) is 17.0 Å². The topological polar surface area (TPSA) is 87.0 Å². The molecule has 1 amide bonds. The van der Waals surface area contributed by atoms with Gasteiger partial charge in [0.25, 0.3) is 10.2 Å². The van der Waals surface area contributed by atoms with Crippen LogP contribution in [0.2, 0.25) is 5.15 Å². The smallest absolute Gasteiger partial charge is 0.281 e. The van der Waals surface area contributed by atoms with Crippen LogP contribution in [-0.2, 0) is 21.4 Å². The van der Waals surface area contributed by atoms with E-state index in [9.17, 15) is 13.2 Å². The molecule has 1 aromatic heterocycles. The zero-order valence-corrected chi connectivity index (χ0v) is 15.3. The van der Waals surface area contributed by atoms with E-state index in [2.05, 4.69) is 5.16 Å². The molecule has 10 heteroatoms. The molecular weight excluding hydrogens is 356 g/mol. The summed E-state index contributed by atoms with van der Waals surface area (Å²) in [4.78, 5) is 14.3. The molecule has 1 aromatic rings. The molecule has 0 aromatic carbocycles. The van der Waals surface area contributed by atoms with E-state index in [-0.39, 0.29) is 23.1 Å². The van der Waals surface area contributed by atoms with Gasteiger partial charge in [-0.05, 0) is 12.8 Å². The van der Waals surface area contributed by atoms with Crippen LogP contribution in [0.25, 0.3) is 0 Å². The van der Waals surface area contributed by atoms with Crippen LogP contribution in [-0.4, -0.2) is 72.3 Å². The predicted molar refractivity (Wildman–Crippen MR) is 87.7 cm³/mol. The van der Waals surface area contributed by atoms with Crippen molar-refractivity contribution in [1.29, 1.82) is 0 Å². The van der Waals surface area contributed by atoms with Gasteiger partial charge in [-0.25, -0.2) is 0 Å². The molecule has 0 radical (unpaired) electrons. The second-order valence-electron chi connectivity index (χ2n) is 6.32. The van der Waals surface area contributed by atoms with Crippen molar-refractivity contribution in [3.8, 4) is 0 Å². The monoisotopic (exact) mass is 376 g/mol. The Kier molecular flexibility index (Phi) is 4.87. The molecule has 3 rings (SSSR count). The molecule has 2 atom stereocenters. The van der Waals surface area contributed by atoms with E-state index >= 15 is 0 Å². The summed E-state index contributed by atoms with van der Waals surface area (Å²) >= 11 is 5.69. The average molecular weight is 377 g/mol. The molecule has 0 spiro atoms. The van der Waals surface area contributed by atoms with Crippen LogP contribution in [0.3, 0.4) is 0 Å². The second kappa shape index (κ2) is 6.62. The summed E-state index contributed by atoms with van der Waals surface area (Å²) in [5, 5.41) is 3.86. The van der Waals surface area contributed by atoms with E-state index in [1.165, 1.54) is 22.7 Å². The number of hydrogen-bond donors (Lipinski definition) is 0. The summed E-state index contributed by atoms with van der Waals surface area (Å²) in [5.41, 5.74) is 0. The van der Waals surface area contributed by atoms with E-state index in [1.54, 1.807) is 6.07 Å². The zero-order valence-electron chi connectivity index (χ0n) is 13.7. The van der Waals surface area contributed by atoms with E-state index in [0.29, 0.717) is 44.5 Å². The summed E-state index contributed by atoms with van der Waals surface area (Å²) in [6, 6.07) is 1.44. The second-order valence-corrected chi connectivity index (χ2v) is 8.80. The molecule has 2 fully saturated rings. The minimum atomic E-state index is -3.44. The van der Waals surface area contributed by atoms with E-state index in [1.807, 2.05) is 4.90 Å².